The van der Waals surface area contributed by atoms with Gasteiger partial charge in [-0.3, -0.25) is 4.79 Å². The summed E-state index contributed by atoms with van der Waals surface area (Å²) < 4.78 is 0. The average molecular weight is 260 g/mol. The summed E-state index contributed by atoms with van der Waals surface area (Å²) in [4.78, 5) is 12.9. The summed E-state index contributed by atoms with van der Waals surface area (Å²) in [5.74, 6) is 0.0188. The van der Waals surface area contributed by atoms with E-state index in [1.54, 1.807) is 6.92 Å². The second kappa shape index (κ2) is 6.27. The molecule has 0 saturated carbocycles. The minimum atomic E-state index is -0.219. The molecule has 0 saturated heterocycles. The molecule has 0 aromatic heterocycles. The van der Waals surface area contributed by atoms with E-state index in [0.717, 1.165) is 16.0 Å². The van der Waals surface area contributed by atoms with Crippen LogP contribution in [-0.2, 0) is 4.79 Å². The first-order valence-corrected chi connectivity index (χ1v) is 6.54. The van der Waals surface area contributed by atoms with Gasteiger partial charge in [-0.25, -0.2) is 0 Å². The molecule has 0 fully saturated rings. The van der Waals surface area contributed by atoms with Crippen molar-refractivity contribution in [1.29, 1.82) is 5.26 Å². The number of carbonyl (C=O) groups excluding carboxylic acids is 1. The lowest BCUT2D eigenvalue weighted by Gasteiger charge is -2.06. The molecule has 94 valence electrons. The summed E-state index contributed by atoms with van der Waals surface area (Å²) in [7, 11) is 0. The van der Waals surface area contributed by atoms with E-state index in [1.165, 1.54) is 11.8 Å². The van der Waals surface area contributed by atoms with Crippen molar-refractivity contribution in [1.82, 2.24) is 0 Å². The molecule has 0 amide bonds. The molecule has 0 aliphatic rings. The fraction of sp³-hybridized carbons (Fsp3) is 0.286. The van der Waals surface area contributed by atoms with Crippen LogP contribution in [0.2, 0.25) is 0 Å². The first-order chi connectivity index (χ1) is 8.45. The monoisotopic (exact) mass is 260 g/mol. The quantitative estimate of drug-likeness (QED) is 0.513. The molecule has 18 heavy (non-hydrogen) atoms. The number of hydrogen-bond donors (Lipinski definition) is 1. The molecular formula is C14H16N2OS. The summed E-state index contributed by atoms with van der Waals surface area (Å²) in [6, 6.07) is 7.95. The van der Waals surface area contributed by atoms with Crippen LogP contribution in [0.3, 0.4) is 0 Å². The lowest BCUT2D eigenvalue weighted by atomic mass is 10.2. The summed E-state index contributed by atoms with van der Waals surface area (Å²) in [5.41, 5.74) is 8.13. The van der Waals surface area contributed by atoms with Gasteiger partial charge in [0.1, 0.15) is 11.6 Å². The van der Waals surface area contributed by atoms with Crippen molar-refractivity contribution in [3.8, 4) is 6.07 Å². The van der Waals surface area contributed by atoms with E-state index < -0.39 is 0 Å². The Labute approximate surface area is 112 Å². The summed E-state index contributed by atoms with van der Waals surface area (Å²) in [6.07, 6.45) is 0. The van der Waals surface area contributed by atoms with Gasteiger partial charge in [0.2, 0.25) is 0 Å². The van der Waals surface area contributed by atoms with E-state index in [-0.39, 0.29) is 22.8 Å². The SMILES string of the molecule is C/C(N)=C(/C#N)C(=O)CSc1cc(C)ccc1C. The summed E-state index contributed by atoms with van der Waals surface area (Å²) in [5, 5.41) is 8.84. The van der Waals surface area contributed by atoms with E-state index in [4.69, 9.17) is 11.0 Å². The molecule has 0 bridgehead atoms. The van der Waals surface area contributed by atoms with Gasteiger partial charge in [-0.05, 0) is 32.4 Å². The Morgan fingerprint density at radius 2 is 2.11 bits per heavy atom. The highest BCUT2D eigenvalue weighted by Gasteiger charge is 2.12. The zero-order valence-electron chi connectivity index (χ0n) is 10.8. The predicted molar refractivity (Wildman–Crippen MR) is 74.1 cm³/mol. The Hall–Kier alpha value is -1.73. The number of hydrogen-bond acceptors (Lipinski definition) is 4. The lowest BCUT2D eigenvalue weighted by molar-refractivity contribution is -0.112. The molecular weight excluding hydrogens is 244 g/mol. The van der Waals surface area contributed by atoms with Gasteiger partial charge in [0, 0.05) is 10.6 Å². The van der Waals surface area contributed by atoms with Gasteiger partial charge in [-0.2, -0.15) is 5.26 Å². The number of rotatable bonds is 4. The highest BCUT2D eigenvalue weighted by atomic mass is 32.2. The van der Waals surface area contributed by atoms with Crippen LogP contribution >= 0.6 is 11.8 Å². The lowest BCUT2D eigenvalue weighted by Crippen LogP contribution is -2.10. The van der Waals surface area contributed by atoms with Crippen molar-refractivity contribution in [3.63, 3.8) is 0 Å². The Morgan fingerprint density at radius 3 is 2.67 bits per heavy atom. The first-order valence-electron chi connectivity index (χ1n) is 5.55. The van der Waals surface area contributed by atoms with E-state index in [1.807, 2.05) is 38.1 Å². The number of nitrogens with two attached hydrogens (primary N) is 1. The third-order valence-corrected chi connectivity index (χ3v) is 3.64. The molecule has 1 aromatic carbocycles. The second-order valence-electron chi connectivity index (χ2n) is 4.15. The Morgan fingerprint density at radius 1 is 1.44 bits per heavy atom. The van der Waals surface area contributed by atoms with Crippen LogP contribution in [0, 0.1) is 25.2 Å². The van der Waals surface area contributed by atoms with Gasteiger partial charge in [0.05, 0.1) is 5.75 Å². The number of ketones is 1. The highest BCUT2D eigenvalue weighted by Crippen LogP contribution is 2.24. The normalized spacial score (nSPS) is 11.7. The minimum absolute atomic E-state index is 0.0628. The zero-order valence-corrected chi connectivity index (χ0v) is 11.6. The van der Waals surface area contributed by atoms with Crippen LogP contribution in [-0.4, -0.2) is 11.5 Å². The number of benzene rings is 1. The van der Waals surface area contributed by atoms with Crippen LogP contribution in [0.15, 0.2) is 34.4 Å². The number of aryl methyl sites for hydroxylation is 2. The summed E-state index contributed by atoms with van der Waals surface area (Å²) >= 11 is 1.44. The van der Waals surface area contributed by atoms with Crippen molar-refractivity contribution >= 4 is 17.5 Å². The minimum Gasteiger partial charge on any atom is -0.401 e. The fourth-order valence-electron chi connectivity index (χ4n) is 1.45. The van der Waals surface area contributed by atoms with Gasteiger partial charge in [-0.1, -0.05) is 17.7 Å². The third-order valence-electron chi connectivity index (χ3n) is 2.49. The maximum atomic E-state index is 11.8. The second-order valence-corrected chi connectivity index (χ2v) is 5.17. The number of thioether (sulfide) groups is 1. The van der Waals surface area contributed by atoms with E-state index in [2.05, 4.69) is 0 Å². The Bertz CT molecular complexity index is 537. The van der Waals surface area contributed by atoms with E-state index >= 15 is 0 Å². The van der Waals surface area contributed by atoms with Gasteiger partial charge >= 0.3 is 0 Å². The van der Waals surface area contributed by atoms with Crippen molar-refractivity contribution in [2.24, 2.45) is 5.73 Å². The van der Waals surface area contributed by atoms with Crippen molar-refractivity contribution in [2.75, 3.05) is 5.75 Å². The molecule has 0 aliphatic carbocycles. The molecule has 2 N–H and O–H groups in total. The number of allylic oxidation sites excluding steroid dienone is 2. The molecule has 1 aromatic rings. The molecule has 0 unspecified atom stereocenters. The van der Waals surface area contributed by atoms with E-state index in [0.29, 0.717) is 0 Å². The number of carbonyl (C=O) groups is 1. The van der Waals surface area contributed by atoms with Crippen LogP contribution in [0.25, 0.3) is 0 Å². The number of nitriles is 1. The van der Waals surface area contributed by atoms with Crippen LogP contribution in [0.4, 0.5) is 0 Å². The maximum absolute atomic E-state index is 11.8. The topological polar surface area (TPSA) is 66.9 Å². The molecule has 0 spiro atoms. The van der Waals surface area contributed by atoms with Crippen molar-refractivity contribution < 1.29 is 4.79 Å². The molecule has 0 heterocycles. The third kappa shape index (κ3) is 3.64. The molecule has 1 rings (SSSR count). The van der Waals surface area contributed by atoms with Crippen LogP contribution in [0.1, 0.15) is 18.1 Å². The van der Waals surface area contributed by atoms with Crippen LogP contribution in [0.5, 0.6) is 0 Å². The van der Waals surface area contributed by atoms with E-state index in [9.17, 15) is 4.79 Å². The van der Waals surface area contributed by atoms with Crippen molar-refractivity contribution in [2.45, 2.75) is 25.7 Å². The highest BCUT2D eigenvalue weighted by molar-refractivity contribution is 8.00. The smallest absolute Gasteiger partial charge is 0.185 e. The Balaban J connectivity index is 2.78. The van der Waals surface area contributed by atoms with Gasteiger partial charge < -0.3 is 5.73 Å². The van der Waals surface area contributed by atoms with Crippen LogP contribution < -0.4 is 5.73 Å². The Kier molecular flexibility index (Phi) is 4.99. The van der Waals surface area contributed by atoms with Gasteiger partial charge in [-0.15, -0.1) is 11.8 Å². The molecule has 0 radical (unpaired) electrons. The summed E-state index contributed by atoms with van der Waals surface area (Å²) in [6.45, 7) is 5.58. The molecule has 0 atom stereocenters. The number of nitrogens with zero attached hydrogens (tertiary/aromatic N) is 1. The average Bonchev–Trinajstić information content (AvgIpc) is 2.30. The molecule has 3 nitrogen and oxygen atoms in total. The van der Waals surface area contributed by atoms with Gasteiger partial charge in [0.15, 0.2) is 5.78 Å². The number of Topliss-reactive ketones (excluding diaryl/α,β-unsaturated/α-hetero) is 1. The maximum Gasteiger partial charge on any atom is 0.185 e. The fourth-order valence-corrected chi connectivity index (χ4v) is 2.44. The van der Waals surface area contributed by atoms with Crippen molar-refractivity contribution in [3.05, 3.63) is 40.6 Å². The molecule has 0 aliphatic heterocycles. The largest absolute Gasteiger partial charge is 0.401 e. The molecule has 4 heteroatoms. The first kappa shape index (κ1) is 14.3. The predicted octanol–water partition coefficient (Wildman–Crippen LogP) is 2.72. The zero-order chi connectivity index (χ0) is 13.7. The standard InChI is InChI=1S/C14H16N2OS/c1-9-4-5-10(2)14(6-9)18-8-13(17)12(7-15)11(3)16/h4-6H,8,16H2,1-3H3/b12-11+. The van der Waals surface area contributed by atoms with Gasteiger partial charge in [0.25, 0.3) is 0 Å².